The Morgan fingerprint density at radius 2 is 1.71 bits per heavy atom. The maximum Gasteiger partial charge on any atom is 0.161 e. The number of anilines is 5. The summed E-state index contributed by atoms with van der Waals surface area (Å²) in [6.07, 6.45) is 1.50. The normalized spacial score (nSPS) is 10.2. The van der Waals surface area contributed by atoms with Crippen LogP contribution in [0, 0.1) is 0 Å². The van der Waals surface area contributed by atoms with Crippen molar-refractivity contribution in [3.63, 3.8) is 0 Å². The molecule has 0 aliphatic heterocycles. The second kappa shape index (κ2) is 6.87. The van der Waals surface area contributed by atoms with Crippen LogP contribution in [0.3, 0.4) is 0 Å². The molecule has 2 aromatic carbocycles. The first kappa shape index (κ1) is 15.6. The minimum atomic E-state index is 0.486. The number of methoxy groups -OCH3 is 1. The average molecular weight is 321 g/mol. The van der Waals surface area contributed by atoms with Gasteiger partial charge in [0.1, 0.15) is 17.8 Å². The molecule has 0 bridgehead atoms. The van der Waals surface area contributed by atoms with E-state index in [-0.39, 0.29) is 0 Å². The molecule has 3 rings (SSSR count). The van der Waals surface area contributed by atoms with Gasteiger partial charge in [-0.25, -0.2) is 9.97 Å². The standard InChI is InChI=1S/C18H19N5O/c1-23(14-6-4-3-5-7-14)18-16(19)17(20-12-21-18)22-13-8-10-15(24-2)11-9-13/h3-12H,19H2,1-2H3,(H,20,21,22). The zero-order chi connectivity index (χ0) is 16.9. The van der Waals surface area contributed by atoms with E-state index in [0.717, 1.165) is 17.1 Å². The molecule has 24 heavy (non-hydrogen) atoms. The summed E-state index contributed by atoms with van der Waals surface area (Å²) in [5.74, 6) is 2.00. The van der Waals surface area contributed by atoms with E-state index in [1.807, 2.05) is 66.5 Å². The fourth-order valence-electron chi connectivity index (χ4n) is 2.34. The quantitative estimate of drug-likeness (QED) is 0.748. The van der Waals surface area contributed by atoms with E-state index in [1.54, 1.807) is 7.11 Å². The van der Waals surface area contributed by atoms with Crippen molar-refractivity contribution in [2.24, 2.45) is 0 Å². The van der Waals surface area contributed by atoms with Gasteiger partial charge in [-0.2, -0.15) is 0 Å². The summed E-state index contributed by atoms with van der Waals surface area (Å²) >= 11 is 0. The first-order chi connectivity index (χ1) is 11.7. The third-order valence-corrected chi connectivity index (χ3v) is 3.68. The molecule has 3 aromatic rings. The van der Waals surface area contributed by atoms with Crippen molar-refractivity contribution >= 4 is 28.7 Å². The molecule has 122 valence electrons. The van der Waals surface area contributed by atoms with Gasteiger partial charge in [0.25, 0.3) is 0 Å². The van der Waals surface area contributed by atoms with Crippen LogP contribution >= 0.6 is 0 Å². The molecule has 0 spiro atoms. The Labute approximate surface area is 140 Å². The van der Waals surface area contributed by atoms with Gasteiger partial charge in [0.2, 0.25) is 0 Å². The van der Waals surface area contributed by atoms with Crippen LogP contribution in [0.1, 0.15) is 0 Å². The first-order valence-electron chi connectivity index (χ1n) is 7.49. The summed E-state index contributed by atoms with van der Waals surface area (Å²) in [6.45, 7) is 0. The smallest absolute Gasteiger partial charge is 0.161 e. The summed E-state index contributed by atoms with van der Waals surface area (Å²) in [5, 5.41) is 3.21. The minimum Gasteiger partial charge on any atom is -0.497 e. The lowest BCUT2D eigenvalue weighted by Gasteiger charge is -2.21. The molecule has 0 radical (unpaired) electrons. The van der Waals surface area contributed by atoms with Crippen LogP contribution < -0.4 is 20.7 Å². The summed E-state index contributed by atoms with van der Waals surface area (Å²) in [5.41, 5.74) is 8.63. The van der Waals surface area contributed by atoms with E-state index < -0.39 is 0 Å². The number of nitrogens with one attached hydrogen (secondary N) is 1. The average Bonchev–Trinajstić information content (AvgIpc) is 2.64. The largest absolute Gasteiger partial charge is 0.497 e. The number of hydrogen-bond donors (Lipinski definition) is 2. The number of para-hydroxylation sites is 1. The second-order valence-electron chi connectivity index (χ2n) is 5.21. The Balaban J connectivity index is 1.87. The fraction of sp³-hybridized carbons (Fsp3) is 0.111. The fourth-order valence-corrected chi connectivity index (χ4v) is 2.34. The number of aromatic nitrogens is 2. The predicted molar refractivity (Wildman–Crippen MR) is 97.2 cm³/mol. The summed E-state index contributed by atoms with van der Waals surface area (Å²) in [6, 6.07) is 17.5. The number of ether oxygens (including phenoxy) is 1. The zero-order valence-corrected chi connectivity index (χ0v) is 13.6. The summed E-state index contributed by atoms with van der Waals surface area (Å²) < 4.78 is 5.16. The monoisotopic (exact) mass is 321 g/mol. The Morgan fingerprint density at radius 3 is 2.38 bits per heavy atom. The molecule has 1 heterocycles. The molecule has 0 saturated heterocycles. The van der Waals surface area contributed by atoms with E-state index in [2.05, 4.69) is 15.3 Å². The highest BCUT2D eigenvalue weighted by molar-refractivity contribution is 5.81. The van der Waals surface area contributed by atoms with Gasteiger partial charge in [-0.3, -0.25) is 0 Å². The lowest BCUT2D eigenvalue weighted by molar-refractivity contribution is 0.415. The number of nitrogen functional groups attached to an aromatic ring is 1. The van der Waals surface area contributed by atoms with Gasteiger partial charge in [0.15, 0.2) is 11.6 Å². The van der Waals surface area contributed by atoms with Crippen molar-refractivity contribution in [1.29, 1.82) is 0 Å². The van der Waals surface area contributed by atoms with Crippen LogP contribution in [0.4, 0.5) is 28.7 Å². The van der Waals surface area contributed by atoms with Crippen molar-refractivity contribution in [1.82, 2.24) is 9.97 Å². The molecule has 0 aliphatic rings. The molecular formula is C18H19N5O. The van der Waals surface area contributed by atoms with E-state index in [4.69, 9.17) is 10.5 Å². The van der Waals surface area contributed by atoms with E-state index in [0.29, 0.717) is 17.3 Å². The molecule has 6 nitrogen and oxygen atoms in total. The second-order valence-corrected chi connectivity index (χ2v) is 5.21. The zero-order valence-electron chi connectivity index (χ0n) is 13.6. The summed E-state index contributed by atoms with van der Waals surface area (Å²) in [4.78, 5) is 10.5. The first-order valence-corrected chi connectivity index (χ1v) is 7.49. The molecule has 0 amide bonds. The number of nitrogens with two attached hydrogens (primary N) is 1. The Kier molecular flexibility index (Phi) is 4.47. The van der Waals surface area contributed by atoms with Crippen molar-refractivity contribution in [2.45, 2.75) is 0 Å². The van der Waals surface area contributed by atoms with Gasteiger partial charge in [0.05, 0.1) is 7.11 Å². The van der Waals surface area contributed by atoms with Crippen LogP contribution in [0.5, 0.6) is 5.75 Å². The molecule has 0 atom stereocenters. The predicted octanol–water partition coefficient (Wildman–Crippen LogP) is 3.58. The van der Waals surface area contributed by atoms with Crippen LogP contribution in [0.15, 0.2) is 60.9 Å². The van der Waals surface area contributed by atoms with Crippen LogP contribution in [-0.2, 0) is 0 Å². The number of hydrogen-bond acceptors (Lipinski definition) is 6. The van der Waals surface area contributed by atoms with Crippen molar-refractivity contribution < 1.29 is 4.74 Å². The molecule has 0 fully saturated rings. The summed E-state index contributed by atoms with van der Waals surface area (Å²) in [7, 11) is 3.56. The van der Waals surface area contributed by atoms with Gasteiger partial charge in [0, 0.05) is 18.4 Å². The van der Waals surface area contributed by atoms with Crippen LogP contribution in [0.25, 0.3) is 0 Å². The third kappa shape index (κ3) is 3.22. The highest BCUT2D eigenvalue weighted by Crippen LogP contribution is 2.31. The molecule has 0 aliphatic carbocycles. The highest BCUT2D eigenvalue weighted by atomic mass is 16.5. The topological polar surface area (TPSA) is 76.3 Å². The maximum atomic E-state index is 6.27. The van der Waals surface area contributed by atoms with Gasteiger partial charge in [-0.15, -0.1) is 0 Å². The van der Waals surface area contributed by atoms with Gasteiger partial charge >= 0.3 is 0 Å². The molecule has 3 N–H and O–H groups in total. The van der Waals surface area contributed by atoms with Gasteiger partial charge in [-0.05, 0) is 36.4 Å². The van der Waals surface area contributed by atoms with E-state index in [1.165, 1.54) is 6.33 Å². The molecule has 0 unspecified atom stereocenters. The number of benzene rings is 2. The lowest BCUT2D eigenvalue weighted by atomic mass is 10.2. The number of nitrogens with zero attached hydrogens (tertiary/aromatic N) is 3. The van der Waals surface area contributed by atoms with Crippen molar-refractivity contribution in [3.8, 4) is 5.75 Å². The SMILES string of the molecule is COc1ccc(Nc2ncnc(N(C)c3ccccc3)c2N)cc1. The Bertz CT molecular complexity index is 805. The number of rotatable bonds is 5. The van der Waals surface area contributed by atoms with Crippen molar-refractivity contribution in [3.05, 3.63) is 60.9 Å². The van der Waals surface area contributed by atoms with Crippen LogP contribution in [-0.4, -0.2) is 24.1 Å². The highest BCUT2D eigenvalue weighted by Gasteiger charge is 2.13. The van der Waals surface area contributed by atoms with Gasteiger partial charge in [-0.1, -0.05) is 18.2 Å². The van der Waals surface area contributed by atoms with Crippen molar-refractivity contribution in [2.75, 3.05) is 30.1 Å². The van der Waals surface area contributed by atoms with E-state index in [9.17, 15) is 0 Å². The Hall–Kier alpha value is -3.28. The molecule has 6 heteroatoms. The molecule has 1 aromatic heterocycles. The van der Waals surface area contributed by atoms with Gasteiger partial charge < -0.3 is 20.7 Å². The lowest BCUT2D eigenvalue weighted by Crippen LogP contribution is -2.15. The molecule has 0 saturated carbocycles. The van der Waals surface area contributed by atoms with E-state index >= 15 is 0 Å². The van der Waals surface area contributed by atoms with Crippen LogP contribution in [0.2, 0.25) is 0 Å². The minimum absolute atomic E-state index is 0.486. The third-order valence-electron chi connectivity index (χ3n) is 3.68. The maximum absolute atomic E-state index is 6.27. The molecular weight excluding hydrogens is 302 g/mol. The Morgan fingerprint density at radius 1 is 1.00 bits per heavy atom.